The Bertz CT molecular complexity index is 718. The summed E-state index contributed by atoms with van der Waals surface area (Å²) >= 11 is 1.35. The van der Waals surface area contributed by atoms with Crippen LogP contribution in [-0.2, 0) is 27.4 Å². The minimum atomic E-state index is -0.465. The molecule has 2 aromatic rings. The number of methoxy groups -OCH3 is 1. The van der Waals surface area contributed by atoms with E-state index in [9.17, 15) is 9.59 Å². The van der Waals surface area contributed by atoms with E-state index < -0.39 is 5.97 Å². The van der Waals surface area contributed by atoms with Crippen LogP contribution in [0.3, 0.4) is 0 Å². The lowest BCUT2D eigenvalue weighted by Gasteiger charge is -2.21. The van der Waals surface area contributed by atoms with Gasteiger partial charge < -0.3 is 14.4 Å². The Hall–Kier alpha value is -2.25. The minimum absolute atomic E-state index is 0.0241. The van der Waals surface area contributed by atoms with Crippen molar-refractivity contribution in [3.63, 3.8) is 0 Å². The molecule has 0 spiro atoms. The van der Waals surface area contributed by atoms with E-state index in [0.29, 0.717) is 24.7 Å². The van der Waals surface area contributed by atoms with Crippen molar-refractivity contribution in [1.29, 1.82) is 0 Å². The summed E-state index contributed by atoms with van der Waals surface area (Å²) < 4.78 is 10.3. The Morgan fingerprint density at radius 3 is 2.67 bits per heavy atom. The number of ether oxygens (including phenoxy) is 2. The Balaban J connectivity index is 1.92. The number of hydrogen-bond acceptors (Lipinski definition) is 6. The Kier molecular flexibility index (Phi) is 8.94. The molecule has 0 bridgehead atoms. The Labute approximate surface area is 164 Å². The maximum Gasteiger partial charge on any atom is 0.357 e. The highest BCUT2D eigenvalue weighted by Gasteiger charge is 2.17. The smallest absolute Gasteiger partial charge is 0.357 e. The van der Waals surface area contributed by atoms with Gasteiger partial charge in [0.1, 0.15) is 11.6 Å². The van der Waals surface area contributed by atoms with Crippen LogP contribution < -0.4 is 0 Å². The summed E-state index contributed by atoms with van der Waals surface area (Å²) in [4.78, 5) is 30.2. The van der Waals surface area contributed by atoms with Crippen LogP contribution in [0.2, 0.25) is 0 Å². The van der Waals surface area contributed by atoms with Crippen molar-refractivity contribution >= 4 is 23.2 Å². The largest absolute Gasteiger partial charge is 0.464 e. The van der Waals surface area contributed by atoms with Crippen LogP contribution in [0.1, 0.15) is 47.2 Å². The van der Waals surface area contributed by atoms with Gasteiger partial charge in [0, 0.05) is 11.9 Å². The third-order valence-electron chi connectivity index (χ3n) is 3.99. The summed E-state index contributed by atoms with van der Waals surface area (Å²) in [5, 5.41) is 2.37. The van der Waals surface area contributed by atoms with Crippen LogP contribution in [0.15, 0.2) is 35.7 Å². The SMILES string of the molecule is CCCCCN(Cc1nc(C(=O)OC)cs1)C(=O)COCc1ccccc1. The molecule has 27 heavy (non-hydrogen) atoms. The molecule has 2 rings (SSSR count). The van der Waals surface area contributed by atoms with Crippen LogP contribution in [0, 0.1) is 0 Å². The molecule has 0 aliphatic heterocycles. The summed E-state index contributed by atoms with van der Waals surface area (Å²) in [6.07, 6.45) is 3.06. The second kappa shape index (κ2) is 11.5. The van der Waals surface area contributed by atoms with Gasteiger partial charge in [0.05, 0.1) is 20.3 Å². The highest BCUT2D eigenvalue weighted by Crippen LogP contribution is 2.14. The number of hydrogen-bond donors (Lipinski definition) is 0. The standard InChI is InChI=1S/C20H26N2O4S/c1-3-4-8-11-22(12-18-21-17(15-27-18)20(24)25-2)19(23)14-26-13-16-9-6-5-7-10-16/h5-7,9-10,15H,3-4,8,11-14H2,1-2H3. The molecule has 0 radical (unpaired) electrons. The van der Waals surface area contributed by atoms with Gasteiger partial charge in [-0.25, -0.2) is 9.78 Å². The van der Waals surface area contributed by atoms with Crippen LogP contribution in [0.4, 0.5) is 0 Å². The molecule has 1 heterocycles. The minimum Gasteiger partial charge on any atom is -0.464 e. The van der Waals surface area contributed by atoms with E-state index in [0.717, 1.165) is 24.8 Å². The third kappa shape index (κ3) is 7.11. The average Bonchev–Trinajstić information content (AvgIpc) is 3.16. The summed E-state index contributed by atoms with van der Waals surface area (Å²) in [7, 11) is 1.33. The number of rotatable bonds is 11. The normalized spacial score (nSPS) is 10.6. The topological polar surface area (TPSA) is 68.7 Å². The first-order valence-electron chi connectivity index (χ1n) is 9.06. The van der Waals surface area contributed by atoms with E-state index in [4.69, 9.17) is 4.74 Å². The third-order valence-corrected chi connectivity index (χ3v) is 4.83. The van der Waals surface area contributed by atoms with Crippen LogP contribution >= 0.6 is 11.3 Å². The highest BCUT2D eigenvalue weighted by atomic mass is 32.1. The molecule has 0 aliphatic rings. The number of nitrogens with zero attached hydrogens (tertiary/aromatic N) is 2. The van der Waals surface area contributed by atoms with Crippen molar-refractivity contribution in [2.75, 3.05) is 20.3 Å². The number of amides is 1. The van der Waals surface area contributed by atoms with Crippen LogP contribution in [-0.4, -0.2) is 42.0 Å². The van der Waals surface area contributed by atoms with Gasteiger partial charge in [0.2, 0.25) is 5.91 Å². The lowest BCUT2D eigenvalue weighted by atomic mass is 10.2. The zero-order chi connectivity index (χ0) is 19.5. The van der Waals surface area contributed by atoms with Gasteiger partial charge in [-0.05, 0) is 12.0 Å². The number of unbranched alkanes of at least 4 members (excludes halogenated alkanes) is 2. The fourth-order valence-electron chi connectivity index (χ4n) is 2.51. The molecule has 1 aromatic carbocycles. The summed E-state index contributed by atoms with van der Waals surface area (Å²) in [5.74, 6) is -0.538. The molecule has 0 atom stereocenters. The van der Waals surface area contributed by atoms with Crippen molar-refractivity contribution in [2.24, 2.45) is 0 Å². The first-order chi connectivity index (χ1) is 13.1. The number of carbonyl (C=O) groups is 2. The molecule has 7 heteroatoms. The maximum atomic E-state index is 12.6. The Morgan fingerprint density at radius 1 is 1.19 bits per heavy atom. The van der Waals surface area contributed by atoms with E-state index in [1.54, 1.807) is 10.3 Å². The van der Waals surface area contributed by atoms with Gasteiger partial charge in [-0.2, -0.15) is 0 Å². The van der Waals surface area contributed by atoms with Crippen molar-refractivity contribution < 1.29 is 19.1 Å². The number of aromatic nitrogens is 1. The molecule has 0 saturated carbocycles. The molecule has 0 fully saturated rings. The second-order valence-electron chi connectivity index (χ2n) is 6.12. The highest BCUT2D eigenvalue weighted by molar-refractivity contribution is 7.09. The summed E-state index contributed by atoms with van der Waals surface area (Å²) in [5.41, 5.74) is 1.31. The number of benzene rings is 1. The Morgan fingerprint density at radius 2 is 1.96 bits per heavy atom. The second-order valence-corrected chi connectivity index (χ2v) is 7.06. The fraction of sp³-hybridized carbons (Fsp3) is 0.450. The molecule has 1 aromatic heterocycles. The average molecular weight is 391 g/mol. The van der Waals surface area contributed by atoms with Gasteiger partial charge in [-0.15, -0.1) is 11.3 Å². The maximum absolute atomic E-state index is 12.6. The van der Waals surface area contributed by atoms with Gasteiger partial charge in [-0.3, -0.25) is 4.79 Å². The molecule has 0 aliphatic carbocycles. The predicted molar refractivity (Wildman–Crippen MR) is 104 cm³/mol. The van der Waals surface area contributed by atoms with Crippen molar-refractivity contribution in [3.05, 3.63) is 52.0 Å². The summed E-state index contributed by atoms with van der Waals surface area (Å²) in [6.45, 7) is 3.57. The fourth-order valence-corrected chi connectivity index (χ4v) is 3.29. The van der Waals surface area contributed by atoms with E-state index in [-0.39, 0.29) is 18.2 Å². The molecule has 1 amide bonds. The molecule has 0 saturated heterocycles. The lowest BCUT2D eigenvalue weighted by molar-refractivity contribution is -0.137. The van der Waals surface area contributed by atoms with Crippen LogP contribution in [0.5, 0.6) is 0 Å². The zero-order valence-electron chi connectivity index (χ0n) is 15.8. The quantitative estimate of drug-likeness (QED) is 0.433. The molecule has 0 unspecified atom stereocenters. The van der Waals surface area contributed by atoms with Crippen molar-refractivity contribution in [2.45, 2.75) is 39.3 Å². The summed E-state index contributed by atoms with van der Waals surface area (Å²) in [6, 6.07) is 9.76. The van der Waals surface area contributed by atoms with Gasteiger partial charge in [0.25, 0.3) is 0 Å². The first kappa shape index (κ1) is 21.1. The predicted octanol–water partition coefficient (Wildman–Crippen LogP) is 3.67. The van der Waals surface area contributed by atoms with Crippen molar-refractivity contribution in [3.8, 4) is 0 Å². The molecule has 146 valence electrons. The van der Waals surface area contributed by atoms with Gasteiger partial charge in [-0.1, -0.05) is 50.1 Å². The number of esters is 1. The van der Waals surface area contributed by atoms with E-state index in [2.05, 4.69) is 16.6 Å². The van der Waals surface area contributed by atoms with E-state index in [1.807, 2.05) is 30.3 Å². The zero-order valence-corrected chi connectivity index (χ0v) is 16.7. The molecule has 0 N–H and O–H groups in total. The monoisotopic (exact) mass is 390 g/mol. The van der Waals surface area contributed by atoms with Gasteiger partial charge in [0.15, 0.2) is 5.69 Å². The van der Waals surface area contributed by atoms with Crippen molar-refractivity contribution in [1.82, 2.24) is 9.88 Å². The number of thiazole rings is 1. The van der Waals surface area contributed by atoms with E-state index >= 15 is 0 Å². The molecular formula is C20H26N2O4S. The van der Waals surface area contributed by atoms with E-state index in [1.165, 1.54) is 18.4 Å². The lowest BCUT2D eigenvalue weighted by Crippen LogP contribution is -2.34. The molecular weight excluding hydrogens is 364 g/mol. The number of carbonyl (C=O) groups excluding carboxylic acids is 2. The van der Waals surface area contributed by atoms with Crippen LogP contribution in [0.25, 0.3) is 0 Å². The first-order valence-corrected chi connectivity index (χ1v) is 9.94. The van der Waals surface area contributed by atoms with Gasteiger partial charge >= 0.3 is 5.97 Å². The molecule has 6 nitrogen and oxygen atoms in total.